The largest absolute Gasteiger partial charge is 0.462 e. The van der Waals surface area contributed by atoms with Crippen LogP contribution in [0.25, 0.3) is 0 Å². The van der Waals surface area contributed by atoms with Gasteiger partial charge in [0.2, 0.25) is 0 Å². The molecule has 0 saturated carbocycles. The van der Waals surface area contributed by atoms with Gasteiger partial charge in [-0.25, -0.2) is 0 Å². The predicted octanol–water partition coefficient (Wildman–Crippen LogP) is 19.0. The number of ether oxygens (including phenoxy) is 3. The molecule has 6 nitrogen and oxygen atoms in total. The summed E-state index contributed by atoms with van der Waals surface area (Å²) in [5.41, 5.74) is 0. The molecule has 0 aliphatic rings. The molecule has 71 heavy (non-hydrogen) atoms. The average Bonchev–Trinajstić information content (AvgIpc) is 3.37. The Kier molecular flexibility index (Phi) is 53.6. The summed E-state index contributed by atoms with van der Waals surface area (Å²) in [6, 6.07) is 0. The number of rotatable bonds is 48. The molecule has 0 aromatic heterocycles. The summed E-state index contributed by atoms with van der Waals surface area (Å²) in [7, 11) is 0. The van der Waals surface area contributed by atoms with Gasteiger partial charge in [-0.3, -0.25) is 14.4 Å². The van der Waals surface area contributed by atoms with Crippen molar-refractivity contribution in [3.63, 3.8) is 0 Å². The lowest BCUT2D eigenvalue weighted by molar-refractivity contribution is -0.167. The van der Waals surface area contributed by atoms with E-state index >= 15 is 0 Å². The van der Waals surface area contributed by atoms with Crippen molar-refractivity contribution in [1.29, 1.82) is 0 Å². The first-order valence-corrected chi connectivity index (χ1v) is 28.0. The van der Waals surface area contributed by atoms with Crippen molar-refractivity contribution in [3.05, 3.63) is 158 Å². The van der Waals surface area contributed by atoms with Gasteiger partial charge in [0.25, 0.3) is 0 Å². The molecule has 0 bridgehead atoms. The zero-order chi connectivity index (χ0) is 51.4. The maximum absolute atomic E-state index is 12.8. The van der Waals surface area contributed by atoms with Crippen LogP contribution in [0.1, 0.15) is 213 Å². The highest BCUT2D eigenvalue weighted by molar-refractivity contribution is 5.71. The number of allylic oxidation sites excluding steroid dienone is 26. The number of unbranched alkanes of at least 4 members (excludes halogenated alkanes) is 11. The Labute approximate surface area is 435 Å². The van der Waals surface area contributed by atoms with Crippen LogP contribution in [0.4, 0.5) is 0 Å². The average molecular weight is 978 g/mol. The first-order valence-electron chi connectivity index (χ1n) is 28.0. The van der Waals surface area contributed by atoms with Gasteiger partial charge in [0.15, 0.2) is 6.10 Å². The van der Waals surface area contributed by atoms with Gasteiger partial charge in [0, 0.05) is 19.3 Å². The fourth-order valence-corrected chi connectivity index (χ4v) is 6.87. The summed E-state index contributed by atoms with van der Waals surface area (Å²) in [6.07, 6.45) is 83.8. The summed E-state index contributed by atoms with van der Waals surface area (Å²) < 4.78 is 16.7. The molecule has 0 fully saturated rings. The number of carbonyl (C=O) groups is 3. The second kappa shape index (κ2) is 57.6. The van der Waals surface area contributed by atoms with Crippen LogP contribution in [0.2, 0.25) is 0 Å². The monoisotopic (exact) mass is 977 g/mol. The van der Waals surface area contributed by atoms with Crippen molar-refractivity contribution in [2.24, 2.45) is 0 Å². The lowest BCUT2D eigenvalue weighted by Crippen LogP contribution is -2.30. The van der Waals surface area contributed by atoms with Crippen LogP contribution in [-0.4, -0.2) is 37.2 Å². The number of carbonyl (C=O) groups excluding carboxylic acids is 3. The first kappa shape index (κ1) is 66.0. The van der Waals surface area contributed by atoms with E-state index in [4.69, 9.17) is 14.2 Å². The fourth-order valence-electron chi connectivity index (χ4n) is 6.87. The molecule has 0 heterocycles. The van der Waals surface area contributed by atoms with Gasteiger partial charge in [-0.2, -0.15) is 0 Å². The summed E-state index contributed by atoms with van der Waals surface area (Å²) in [5.74, 6) is -1.09. The van der Waals surface area contributed by atoms with E-state index in [0.717, 1.165) is 109 Å². The highest BCUT2D eigenvalue weighted by Crippen LogP contribution is 2.11. The van der Waals surface area contributed by atoms with E-state index < -0.39 is 6.10 Å². The third-order valence-electron chi connectivity index (χ3n) is 11.0. The van der Waals surface area contributed by atoms with Crippen molar-refractivity contribution in [3.8, 4) is 0 Å². The molecule has 0 radical (unpaired) electrons. The zero-order valence-corrected chi connectivity index (χ0v) is 45.2. The molecule has 0 rings (SSSR count). The van der Waals surface area contributed by atoms with Crippen LogP contribution in [0, 0.1) is 0 Å². The molecule has 0 aromatic rings. The Morgan fingerprint density at radius 1 is 0.296 bits per heavy atom. The highest BCUT2D eigenvalue weighted by atomic mass is 16.6. The van der Waals surface area contributed by atoms with E-state index in [1.807, 2.05) is 0 Å². The molecule has 396 valence electrons. The topological polar surface area (TPSA) is 78.9 Å². The van der Waals surface area contributed by atoms with Crippen molar-refractivity contribution in [2.75, 3.05) is 13.2 Å². The molecule has 1 atom stereocenters. The van der Waals surface area contributed by atoms with Crippen molar-refractivity contribution in [1.82, 2.24) is 0 Å². The third-order valence-corrected chi connectivity index (χ3v) is 11.0. The lowest BCUT2D eigenvalue weighted by Gasteiger charge is -2.18. The number of hydrogen-bond donors (Lipinski definition) is 0. The molecule has 0 aliphatic heterocycles. The molecular weight excluding hydrogens is 877 g/mol. The summed E-state index contributed by atoms with van der Waals surface area (Å²) in [4.78, 5) is 38.1. The standard InChI is InChI=1S/C65H100O6/c1-4-7-10-13-16-19-22-25-28-31-32-35-38-41-44-47-50-53-56-59-65(68)71-62(60-69-63(66)57-54-51-48-45-42-39-36-33-29-26-23-20-17-14-11-8-5-2)61-70-64(67)58-55-52-49-46-43-40-37-34-30-27-24-21-18-15-12-9-6-3/h7-8,10-11,16-17,19-20,25-30,32,35-37,39-41,44-46,48-49,62H,4-6,9,12-15,18,21-24,31,33-34,38,42-43,47,50-61H2,1-3H3/b10-7-,11-8-,19-16-,20-17-,28-25-,29-26-,30-27-,35-32-,39-36-,40-37-,44-41-,48-45-,49-46-/t62-/m1/s1. The summed E-state index contributed by atoms with van der Waals surface area (Å²) >= 11 is 0. The normalized spacial score (nSPS) is 13.3. The molecule has 0 saturated heterocycles. The number of esters is 3. The fraction of sp³-hybridized carbons (Fsp3) is 0.554. The number of hydrogen-bond acceptors (Lipinski definition) is 6. The van der Waals surface area contributed by atoms with Gasteiger partial charge in [-0.15, -0.1) is 0 Å². The van der Waals surface area contributed by atoms with Gasteiger partial charge in [0.1, 0.15) is 13.2 Å². The van der Waals surface area contributed by atoms with Gasteiger partial charge in [-0.1, -0.05) is 217 Å². The quantitative estimate of drug-likeness (QED) is 0.0262. The molecule has 0 spiro atoms. The maximum Gasteiger partial charge on any atom is 0.306 e. The van der Waals surface area contributed by atoms with Gasteiger partial charge < -0.3 is 14.2 Å². The van der Waals surface area contributed by atoms with E-state index in [-0.39, 0.29) is 50.4 Å². The van der Waals surface area contributed by atoms with Crippen molar-refractivity contribution in [2.45, 2.75) is 219 Å². The van der Waals surface area contributed by atoms with E-state index in [1.165, 1.54) is 44.9 Å². The van der Waals surface area contributed by atoms with E-state index in [9.17, 15) is 14.4 Å². The summed E-state index contributed by atoms with van der Waals surface area (Å²) in [5, 5.41) is 0. The molecule has 0 amide bonds. The SMILES string of the molecule is CC/C=C\C/C=C\C/C=C\C/C=C\C/C=C\CCCCCC(=O)O[C@H](COC(=O)CCC/C=C\C/C=C\C/C=C\C/C=C\C/C=C\CC)COC(=O)CCC/C=C\C/C=C\C/C=C\CCCCCCCC. The van der Waals surface area contributed by atoms with E-state index in [1.54, 1.807) is 0 Å². The van der Waals surface area contributed by atoms with Crippen LogP contribution in [0.5, 0.6) is 0 Å². The Morgan fingerprint density at radius 3 is 0.901 bits per heavy atom. The smallest absolute Gasteiger partial charge is 0.306 e. The Hall–Kier alpha value is -4.97. The lowest BCUT2D eigenvalue weighted by atomic mass is 10.1. The molecule has 0 aliphatic carbocycles. The zero-order valence-electron chi connectivity index (χ0n) is 45.2. The van der Waals surface area contributed by atoms with Crippen LogP contribution >= 0.6 is 0 Å². The molecule has 0 N–H and O–H groups in total. The second-order valence-corrected chi connectivity index (χ2v) is 17.7. The van der Waals surface area contributed by atoms with Crippen LogP contribution < -0.4 is 0 Å². The van der Waals surface area contributed by atoms with Crippen LogP contribution in [-0.2, 0) is 28.6 Å². The third kappa shape index (κ3) is 55.8. The minimum absolute atomic E-state index is 0.143. The van der Waals surface area contributed by atoms with Gasteiger partial charge in [-0.05, 0) is 135 Å². The Morgan fingerprint density at radius 2 is 0.563 bits per heavy atom. The van der Waals surface area contributed by atoms with Crippen LogP contribution in [0.15, 0.2) is 158 Å². The highest BCUT2D eigenvalue weighted by Gasteiger charge is 2.19. The molecule has 6 heteroatoms. The maximum atomic E-state index is 12.8. The van der Waals surface area contributed by atoms with Crippen LogP contribution in [0.3, 0.4) is 0 Å². The van der Waals surface area contributed by atoms with Gasteiger partial charge in [0.05, 0.1) is 0 Å². The van der Waals surface area contributed by atoms with Crippen molar-refractivity contribution >= 4 is 17.9 Å². The first-order chi connectivity index (χ1) is 35.0. The molecule has 0 aromatic carbocycles. The molecule has 0 unspecified atom stereocenters. The summed E-state index contributed by atoms with van der Waals surface area (Å²) in [6.45, 7) is 6.26. The Bertz CT molecular complexity index is 1640. The molecular formula is C65H100O6. The predicted molar refractivity (Wildman–Crippen MR) is 306 cm³/mol. The second-order valence-electron chi connectivity index (χ2n) is 17.7. The minimum atomic E-state index is -0.847. The van der Waals surface area contributed by atoms with E-state index in [0.29, 0.717) is 19.3 Å². The van der Waals surface area contributed by atoms with Gasteiger partial charge >= 0.3 is 17.9 Å². The Balaban J connectivity index is 4.65. The minimum Gasteiger partial charge on any atom is -0.462 e. The van der Waals surface area contributed by atoms with Crippen molar-refractivity contribution < 1.29 is 28.6 Å². The van der Waals surface area contributed by atoms with E-state index in [2.05, 4.69) is 179 Å².